The first-order valence-corrected chi connectivity index (χ1v) is 9.43. The maximum atomic E-state index is 12.9. The highest BCUT2D eigenvalue weighted by molar-refractivity contribution is 5.93. The van der Waals surface area contributed by atoms with Gasteiger partial charge in [-0.1, -0.05) is 12.1 Å². The maximum absolute atomic E-state index is 12.9. The molecule has 0 saturated carbocycles. The normalized spacial score (nSPS) is 14.3. The third-order valence-electron chi connectivity index (χ3n) is 5.03. The first-order chi connectivity index (χ1) is 14.7. The number of carbonyl (C=O) groups excluding carboxylic acids is 1. The molecule has 30 heavy (non-hydrogen) atoms. The first-order valence-electron chi connectivity index (χ1n) is 9.43. The molecule has 1 fully saturated rings. The lowest BCUT2D eigenvalue weighted by molar-refractivity contribution is 0.0715. The van der Waals surface area contributed by atoms with Crippen LogP contribution in [-0.2, 0) is 0 Å². The zero-order chi connectivity index (χ0) is 20.5. The van der Waals surface area contributed by atoms with Crippen molar-refractivity contribution in [1.29, 1.82) is 0 Å². The summed E-state index contributed by atoms with van der Waals surface area (Å²) in [5, 5.41) is 4.54. The maximum Gasteiger partial charge on any atom is 0.289 e. The van der Waals surface area contributed by atoms with Crippen LogP contribution in [0.5, 0.6) is 0 Å². The predicted octanol–water partition coefficient (Wildman–Crippen LogP) is 1.13. The lowest BCUT2D eigenvalue weighted by Crippen LogP contribution is -2.49. The van der Waals surface area contributed by atoms with E-state index in [1.165, 1.54) is 18.7 Å². The number of nitrogens with zero attached hydrogens (tertiary/aromatic N) is 7. The fourth-order valence-corrected chi connectivity index (χ4v) is 3.47. The summed E-state index contributed by atoms with van der Waals surface area (Å²) in [5.41, 5.74) is 0.189. The second-order valence-electron chi connectivity index (χ2n) is 6.82. The van der Waals surface area contributed by atoms with Crippen LogP contribution in [0.15, 0.2) is 64.6 Å². The summed E-state index contributed by atoms with van der Waals surface area (Å²) in [5.74, 6) is 1.14. The minimum Gasteiger partial charge on any atom is -0.451 e. The van der Waals surface area contributed by atoms with Crippen molar-refractivity contribution in [1.82, 2.24) is 29.6 Å². The van der Waals surface area contributed by atoms with Gasteiger partial charge in [0.15, 0.2) is 17.0 Å². The van der Waals surface area contributed by atoms with Crippen LogP contribution in [0.2, 0.25) is 0 Å². The number of para-hydroxylation sites is 1. The van der Waals surface area contributed by atoms with Gasteiger partial charge >= 0.3 is 0 Å². The number of carbonyl (C=O) groups is 1. The molecule has 0 radical (unpaired) electrons. The smallest absolute Gasteiger partial charge is 0.289 e. The van der Waals surface area contributed by atoms with Crippen molar-refractivity contribution in [2.45, 2.75) is 0 Å². The highest BCUT2D eigenvalue weighted by atomic mass is 16.3. The second kappa shape index (κ2) is 7.39. The van der Waals surface area contributed by atoms with Crippen LogP contribution >= 0.6 is 0 Å². The zero-order valence-corrected chi connectivity index (χ0v) is 15.9. The molecule has 1 saturated heterocycles. The van der Waals surface area contributed by atoms with Gasteiger partial charge in [-0.25, -0.2) is 19.6 Å². The van der Waals surface area contributed by atoms with Crippen LogP contribution in [0.3, 0.4) is 0 Å². The van der Waals surface area contributed by atoms with Crippen molar-refractivity contribution in [3.8, 4) is 5.82 Å². The summed E-state index contributed by atoms with van der Waals surface area (Å²) in [4.78, 5) is 41.4. The number of rotatable bonds is 3. The van der Waals surface area contributed by atoms with E-state index < -0.39 is 0 Å². The van der Waals surface area contributed by atoms with E-state index in [0.717, 1.165) is 5.82 Å². The lowest BCUT2D eigenvalue weighted by Gasteiger charge is -2.35. The summed E-state index contributed by atoms with van der Waals surface area (Å²) < 4.78 is 7.25. The number of hydrogen-bond acceptors (Lipinski definition) is 8. The van der Waals surface area contributed by atoms with E-state index >= 15 is 0 Å². The molecule has 1 aliphatic heterocycles. The van der Waals surface area contributed by atoms with Crippen molar-refractivity contribution in [3.05, 3.63) is 71.4 Å². The van der Waals surface area contributed by atoms with Crippen LogP contribution in [0.25, 0.3) is 16.8 Å². The monoisotopic (exact) mass is 403 g/mol. The van der Waals surface area contributed by atoms with Gasteiger partial charge < -0.3 is 14.2 Å². The molecule has 0 spiro atoms. The molecule has 10 heteroatoms. The molecule has 150 valence electrons. The minimum atomic E-state index is -0.288. The van der Waals surface area contributed by atoms with Crippen LogP contribution in [0.1, 0.15) is 10.6 Å². The summed E-state index contributed by atoms with van der Waals surface area (Å²) >= 11 is 0. The average Bonchev–Trinajstić information content (AvgIpc) is 3.34. The SMILES string of the molecule is O=C(c1cc(=O)c2ccccc2o1)N1CCN(c2cc(-n3cncn3)ncn2)CC1. The first kappa shape index (κ1) is 18.0. The molecule has 0 unspecified atom stereocenters. The van der Waals surface area contributed by atoms with Crippen LogP contribution in [-0.4, -0.2) is 61.7 Å². The quantitative estimate of drug-likeness (QED) is 0.501. The van der Waals surface area contributed by atoms with Gasteiger partial charge in [-0.2, -0.15) is 5.10 Å². The van der Waals surface area contributed by atoms with Gasteiger partial charge in [0.1, 0.15) is 30.4 Å². The Hall–Kier alpha value is -4.08. The molecule has 4 aromatic rings. The van der Waals surface area contributed by atoms with Gasteiger partial charge in [0.25, 0.3) is 5.91 Å². The Morgan fingerprint density at radius 2 is 1.77 bits per heavy atom. The molecular formula is C20H17N7O3. The molecule has 10 nitrogen and oxygen atoms in total. The Bertz CT molecular complexity index is 1260. The summed E-state index contributed by atoms with van der Waals surface area (Å²) in [7, 11) is 0. The Labute approximate surface area is 170 Å². The number of hydrogen-bond donors (Lipinski definition) is 0. The Kier molecular flexibility index (Phi) is 4.43. The molecule has 4 heterocycles. The molecule has 0 bridgehead atoms. The number of aromatic nitrogens is 5. The van der Waals surface area contributed by atoms with E-state index in [4.69, 9.17) is 4.42 Å². The van der Waals surface area contributed by atoms with E-state index in [2.05, 4.69) is 25.0 Å². The van der Waals surface area contributed by atoms with Gasteiger partial charge in [0, 0.05) is 38.3 Å². The number of benzene rings is 1. The van der Waals surface area contributed by atoms with E-state index in [1.807, 2.05) is 6.07 Å². The third-order valence-corrected chi connectivity index (χ3v) is 5.03. The number of fused-ring (bicyclic) bond motifs is 1. The number of anilines is 1. The minimum absolute atomic E-state index is 0.0580. The molecule has 3 aromatic heterocycles. The highest BCUT2D eigenvalue weighted by Gasteiger charge is 2.25. The van der Waals surface area contributed by atoms with Gasteiger partial charge in [0.05, 0.1) is 5.39 Å². The van der Waals surface area contributed by atoms with Crippen LogP contribution in [0.4, 0.5) is 5.82 Å². The molecule has 0 N–H and O–H groups in total. The molecule has 1 aliphatic rings. The van der Waals surface area contributed by atoms with Crippen LogP contribution < -0.4 is 10.3 Å². The molecule has 1 aromatic carbocycles. The van der Waals surface area contributed by atoms with Crippen molar-refractivity contribution < 1.29 is 9.21 Å². The summed E-state index contributed by atoms with van der Waals surface area (Å²) in [6.07, 6.45) is 4.49. The fourth-order valence-electron chi connectivity index (χ4n) is 3.47. The van der Waals surface area contributed by atoms with E-state index in [0.29, 0.717) is 43.0 Å². The number of piperazine rings is 1. The summed E-state index contributed by atoms with van der Waals surface area (Å²) in [6.45, 7) is 2.16. The lowest BCUT2D eigenvalue weighted by atomic mass is 10.2. The van der Waals surface area contributed by atoms with Gasteiger partial charge in [-0.05, 0) is 12.1 Å². The number of amides is 1. The van der Waals surface area contributed by atoms with Crippen molar-refractivity contribution in [2.24, 2.45) is 0 Å². The van der Waals surface area contributed by atoms with Crippen molar-refractivity contribution >= 4 is 22.7 Å². The van der Waals surface area contributed by atoms with Crippen molar-refractivity contribution in [3.63, 3.8) is 0 Å². The Balaban J connectivity index is 1.31. The standard InChI is InChI=1S/C20H17N7O3/c28-15-9-17(30-16-4-2-1-3-14(15)16)20(29)26-7-5-25(6-8-26)18-10-19(23-12-22-18)27-13-21-11-24-27/h1-4,9-13H,5-8H2. The Morgan fingerprint density at radius 3 is 2.57 bits per heavy atom. The van der Waals surface area contributed by atoms with E-state index in [1.54, 1.807) is 40.2 Å². The largest absolute Gasteiger partial charge is 0.451 e. The average molecular weight is 403 g/mol. The van der Waals surface area contributed by atoms with Crippen molar-refractivity contribution in [2.75, 3.05) is 31.1 Å². The summed E-state index contributed by atoms with van der Waals surface area (Å²) in [6, 6.07) is 10.0. The van der Waals surface area contributed by atoms with Gasteiger partial charge in [-0.15, -0.1) is 0 Å². The Morgan fingerprint density at radius 1 is 0.967 bits per heavy atom. The van der Waals surface area contributed by atoms with E-state index in [-0.39, 0.29) is 17.1 Å². The zero-order valence-electron chi connectivity index (χ0n) is 15.9. The topological polar surface area (TPSA) is 110 Å². The van der Waals surface area contributed by atoms with Crippen LogP contribution in [0, 0.1) is 0 Å². The molecule has 1 amide bonds. The third kappa shape index (κ3) is 3.28. The van der Waals surface area contributed by atoms with E-state index in [9.17, 15) is 9.59 Å². The molecular weight excluding hydrogens is 386 g/mol. The second-order valence-corrected chi connectivity index (χ2v) is 6.82. The molecule has 0 aliphatic carbocycles. The highest BCUT2D eigenvalue weighted by Crippen LogP contribution is 2.18. The molecule has 5 rings (SSSR count). The predicted molar refractivity (Wildman–Crippen MR) is 108 cm³/mol. The van der Waals surface area contributed by atoms with Gasteiger partial charge in [-0.3, -0.25) is 9.59 Å². The van der Waals surface area contributed by atoms with Gasteiger partial charge in [0.2, 0.25) is 0 Å². The molecule has 0 atom stereocenters. The fraction of sp³-hybridized carbons (Fsp3) is 0.200.